The van der Waals surface area contributed by atoms with Gasteiger partial charge in [-0.2, -0.15) is 4.31 Å². The zero-order valence-corrected chi connectivity index (χ0v) is 14.9. The molecule has 2 rings (SSSR count). The maximum Gasteiger partial charge on any atom is 0.247 e. The smallest absolute Gasteiger partial charge is 0.247 e. The molecule has 0 radical (unpaired) electrons. The molecule has 0 atom stereocenters. The van der Waals surface area contributed by atoms with Crippen LogP contribution in [0.3, 0.4) is 0 Å². The average Bonchev–Trinajstić information content (AvgIpc) is 2.95. The average molecular weight is 376 g/mol. The van der Waals surface area contributed by atoms with Gasteiger partial charge >= 0.3 is 0 Å². The van der Waals surface area contributed by atoms with Crippen molar-refractivity contribution in [3.63, 3.8) is 0 Å². The highest BCUT2D eigenvalue weighted by Crippen LogP contribution is 2.31. The second kappa shape index (κ2) is 7.07. The van der Waals surface area contributed by atoms with Crippen LogP contribution in [0.4, 0.5) is 5.82 Å². The fourth-order valence-corrected chi connectivity index (χ4v) is 5.18. The lowest BCUT2D eigenvalue weighted by Gasteiger charge is -2.27. The van der Waals surface area contributed by atoms with Crippen molar-refractivity contribution in [2.75, 3.05) is 18.4 Å². The normalized spacial score (nSPS) is 16.6. The van der Waals surface area contributed by atoms with Gasteiger partial charge in [0.25, 0.3) is 0 Å². The highest BCUT2D eigenvalue weighted by atomic mass is 79.9. The van der Waals surface area contributed by atoms with Crippen LogP contribution in [0.1, 0.15) is 39.5 Å². The molecular formula is C14H22BrN3O2S. The summed E-state index contributed by atoms with van der Waals surface area (Å²) in [5.41, 5.74) is 0. The van der Waals surface area contributed by atoms with Gasteiger partial charge in [-0.25, -0.2) is 13.4 Å². The van der Waals surface area contributed by atoms with Gasteiger partial charge in [-0.15, -0.1) is 0 Å². The van der Waals surface area contributed by atoms with Gasteiger partial charge in [-0.1, -0.05) is 19.8 Å². The van der Waals surface area contributed by atoms with Crippen LogP contribution in [0.5, 0.6) is 0 Å². The van der Waals surface area contributed by atoms with Crippen molar-refractivity contribution in [1.82, 2.24) is 9.29 Å². The Kier molecular flexibility index (Phi) is 5.62. The first-order valence-electron chi connectivity index (χ1n) is 7.42. The Labute approximate surface area is 135 Å². The fraction of sp³-hybridized carbons (Fsp3) is 0.643. The summed E-state index contributed by atoms with van der Waals surface area (Å²) in [6.07, 6.45) is 5.72. The third kappa shape index (κ3) is 3.57. The minimum atomic E-state index is -3.53. The standard InChI is InChI=1S/C14H22BrN3O2S/c1-3-16-14-13(9-11(15)10-17-14)21(19,20)18(4-2)12-7-5-6-8-12/h9-10,12H,3-8H2,1-2H3,(H,16,17). The molecule has 0 aliphatic heterocycles. The molecule has 0 amide bonds. The lowest BCUT2D eigenvalue weighted by molar-refractivity contribution is 0.335. The van der Waals surface area contributed by atoms with Crippen LogP contribution < -0.4 is 5.32 Å². The van der Waals surface area contributed by atoms with Crippen LogP contribution >= 0.6 is 15.9 Å². The van der Waals surface area contributed by atoms with Crippen LogP contribution in [0, 0.1) is 0 Å². The van der Waals surface area contributed by atoms with E-state index >= 15 is 0 Å². The zero-order chi connectivity index (χ0) is 15.5. The van der Waals surface area contributed by atoms with Gasteiger partial charge in [-0.05, 0) is 41.8 Å². The van der Waals surface area contributed by atoms with E-state index in [-0.39, 0.29) is 10.9 Å². The van der Waals surface area contributed by atoms with Gasteiger partial charge in [0.05, 0.1) is 0 Å². The summed E-state index contributed by atoms with van der Waals surface area (Å²) in [6, 6.07) is 1.76. The minimum absolute atomic E-state index is 0.119. The molecule has 5 nitrogen and oxygen atoms in total. The second-order valence-electron chi connectivity index (χ2n) is 5.18. The quantitative estimate of drug-likeness (QED) is 0.828. The second-order valence-corrected chi connectivity index (χ2v) is 7.95. The highest BCUT2D eigenvalue weighted by Gasteiger charge is 2.34. The predicted molar refractivity (Wildman–Crippen MR) is 87.9 cm³/mol. The topological polar surface area (TPSA) is 62.3 Å². The molecule has 1 fully saturated rings. The number of rotatable bonds is 6. The summed E-state index contributed by atoms with van der Waals surface area (Å²) < 4.78 is 28.3. The lowest BCUT2D eigenvalue weighted by Crippen LogP contribution is -2.39. The molecule has 7 heteroatoms. The molecule has 1 saturated carbocycles. The molecule has 1 aromatic rings. The van der Waals surface area contributed by atoms with Gasteiger partial charge in [-0.3, -0.25) is 0 Å². The van der Waals surface area contributed by atoms with E-state index in [1.54, 1.807) is 16.6 Å². The maximum atomic E-state index is 13.0. The summed E-state index contributed by atoms with van der Waals surface area (Å²) in [5, 5.41) is 3.04. The molecule has 0 spiro atoms. The summed E-state index contributed by atoms with van der Waals surface area (Å²) in [7, 11) is -3.53. The zero-order valence-electron chi connectivity index (χ0n) is 12.5. The Morgan fingerprint density at radius 2 is 2.05 bits per heavy atom. The van der Waals surface area contributed by atoms with Crippen molar-refractivity contribution < 1.29 is 8.42 Å². The molecule has 1 N–H and O–H groups in total. The molecule has 21 heavy (non-hydrogen) atoms. The van der Waals surface area contributed by atoms with Crippen LogP contribution in [0.2, 0.25) is 0 Å². The molecule has 0 bridgehead atoms. The third-order valence-electron chi connectivity index (χ3n) is 3.79. The SMILES string of the molecule is CCNc1ncc(Br)cc1S(=O)(=O)N(CC)C1CCCC1. The molecule has 0 saturated heterocycles. The monoisotopic (exact) mass is 375 g/mol. The van der Waals surface area contributed by atoms with E-state index in [2.05, 4.69) is 26.2 Å². The van der Waals surface area contributed by atoms with Crippen molar-refractivity contribution in [2.24, 2.45) is 0 Å². The summed E-state index contributed by atoms with van der Waals surface area (Å²) in [4.78, 5) is 4.47. The molecule has 1 aliphatic carbocycles. The van der Waals surface area contributed by atoms with E-state index in [1.807, 2.05) is 13.8 Å². The van der Waals surface area contributed by atoms with Crippen molar-refractivity contribution in [1.29, 1.82) is 0 Å². The van der Waals surface area contributed by atoms with Crippen molar-refractivity contribution in [2.45, 2.75) is 50.5 Å². The summed E-state index contributed by atoms with van der Waals surface area (Å²) in [6.45, 7) is 4.95. The molecule has 0 aromatic carbocycles. The third-order valence-corrected chi connectivity index (χ3v) is 6.27. The first-order valence-corrected chi connectivity index (χ1v) is 9.65. The van der Waals surface area contributed by atoms with Crippen LogP contribution in [0.15, 0.2) is 21.6 Å². The van der Waals surface area contributed by atoms with Crippen LogP contribution in [-0.2, 0) is 10.0 Å². The summed E-state index contributed by atoms with van der Waals surface area (Å²) >= 11 is 3.32. The molecule has 118 valence electrons. The molecule has 1 aromatic heterocycles. The van der Waals surface area contributed by atoms with E-state index in [4.69, 9.17) is 0 Å². The number of aromatic nitrogens is 1. The van der Waals surface area contributed by atoms with E-state index in [0.29, 0.717) is 23.4 Å². The number of sulfonamides is 1. The lowest BCUT2D eigenvalue weighted by atomic mass is 10.2. The van der Waals surface area contributed by atoms with E-state index < -0.39 is 10.0 Å². The predicted octanol–water partition coefficient (Wildman–Crippen LogP) is 3.23. The number of anilines is 1. The molecular weight excluding hydrogens is 354 g/mol. The van der Waals surface area contributed by atoms with Crippen LogP contribution in [0.25, 0.3) is 0 Å². The van der Waals surface area contributed by atoms with E-state index in [1.165, 1.54) is 0 Å². The first kappa shape index (κ1) is 16.7. The molecule has 1 heterocycles. The van der Waals surface area contributed by atoms with E-state index in [0.717, 1.165) is 25.7 Å². The number of hydrogen-bond acceptors (Lipinski definition) is 4. The van der Waals surface area contributed by atoms with Crippen molar-refractivity contribution >= 4 is 31.8 Å². The Bertz CT molecular complexity index is 586. The van der Waals surface area contributed by atoms with Crippen molar-refractivity contribution in [3.05, 3.63) is 16.7 Å². The Morgan fingerprint density at radius 1 is 1.38 bits per heavy atom. The van der Waals surface area contributed by atoms with Gasteiger partial charge in [0.15, 0.2) is 0 Å². The number of nitrogens with zero attached hydrogens (tertiary/aromatic N) is 2. The van der Waals surface area contributed by atoms with Crippen LogP contribution in [-0.4, -0.2) is 36.8 Å². The minimum Gasteiger partial charge on any atom is -0.369 e. The fourth-order valence-electron chi connectivity index (χ4n) is 2.86. The van der Waals surface area contributed by atoms with Gasteiger partial charge in [0, 0.05) is 29.8 Å². The van der Waals surface area contributed by atoms with Gasteiger partial charge in [0.1, 0.15) is 10.7 Å². The highest BCUT2D eigenvalue weighted by molar-refractivity contribution is 9.10. The largest absolute Gasteiger partial charge is 0.369 e. The Morgan fingerprint density at radius 3 is 2.62 bits per heavy atom. The number of pyridine rings is 1. The number of hydrogen-bond donors (Lipinski definition) is 1. The maximum absolute atomic E-state index is 13.0. The summed E-state index contributed by atoms with van der Waals surface area (Å²) in [5.74, 6) is 0.428. The van der Waals surface area contributed by atoms with Crippen molar-refractivity contribution in [3.8, 4) is 0 Å². The number of halogens is 1. The molecule has 0 unspecified atom stereocenters. The van der Waals surface area contributed by atoms with Gasteiger partial charge < -0.3 is 5.32 Å². The Balaban J connectivity index is 2.43. The van der Waals surface area contributed by atoms with Gasteiger partial charge in [0.2, 0.25) is 10.0 Å². The Hall–Kier alpha value is -0.660. The molecule has 1 aliphatic rings. The van der Waals surface area contributed by atoms with E-state index in [9.17, 15) is 8.42 Å². The first-order chi connectivity index (χ1) is 10.0. The number of nitrogens with one attached hydrogen (secondary N) is 1.